The van der Waals surface area contributed by atoms with Gasteiger partial charge in [-0.1, -0.05) is 12.8 Å². The van der Waals surface area contributed by atoms with Gasteiger partial charge in [0.1, 0.15) is 5.78 Å². The third kappa shape index (κ3) is 6.40. The van der Waals surface area contributed by atoms with Crippen molar-refractivity contribution in [1.29, 1.82) is 0 Å². The molecule has 0 aliphatic heterocycles. The lowest BCUT2D eigenvalue weighted by atomic mass is 10.2. The Hall–Kier alpha value is -0.190. The van der Waals surface area contributed by atoms with Crippen molar-refractivity contribution in [2.24, 2.45) is 0 Å². The van der Waals surface area contributed by atoms with E-state index in [4.69, 9.17) is 0 Å². The first-order valence-corrected chi connectivity index (χ1v) is 6.72. The quantitative estimate of drug-likeness (QED) is 0.713. The van der Waals surface area contributed by atoms with Crippen LogP contribution in [0.2, 0.25) is 0 Å². The molecular weight excluding hydrogens is 237 g/mol. The van der Waals surface area contributed by atoms with Crippen LogP contribution in [0.4, 0.5) is 13.2 Å². The minimum atomic E-state index is -4.13. The minimum absolute atomic E-state index is 0.0406. The number of carbonyl (C=O) groups excluding carboxylic acids is 1. The van der Waals surface area contributed by atoms with Crippen molar-refractivity contribution in [3.63, 3.8) is 0 Å². The van der Waals surface area contributed by atoms with Crippen LogP contribution in [0.1, 0.15) is 44.9 Å². The number of Topliss-reactive ketones (excluding diaryl/α,β-unsaturated/α-hetero) is 1. The average Bonchev–Trinajstić information content (AvgIpc) is 2.65. The molecule has 0 spiro atoms. The van der Waals surface area contributed by atoms with Crippen LogP contribution in [0.5, 0.6) is 0 Å². The number of rotatable bonds is 6. The second-order valence-electron chi connectivity index (χ2n) is 4.22. The molecule has 1 nitrogen and oxygen atoms in total. The van der Waals surface area contributed by atoms with Gasteiger partial charge in [-0.15, -0.1) is 0 Å². The number of carbonyl (C=O) groups is 1. The molecule has 0 radical (unpaired) electrons. The van der Waals surface area contributed by atoms with Gasteiger partial charge < -0.3 is 0 Å². The number of thioether (sulfide) groups is 1. The molecule has 0 aromatic rings. The highest BCUT2D eigenvalue weighted by molar-refractivity contribution is 8.00. The number of hydrogen-bond donors (Lipinski definition) is 0. The first-order chi connectivity index (χ1) is 7.47. The van der Waals surface area contributed by atoms with E-state index < -0.39 is 12.6 Å². The van der Waals surface area contributed by atoms with Crippen LogP contribution in [0.15, 0.2) is 0 Å². The number of alkyl halides is 3. The summed E-state index contributed by atoms with van der Waals surface area (Å²) in [5.74, 6) is 0.351. The van der Waals surface area contributed by atoms with Crippen molar-refractivity contribution in [3.8, 4) is 0 Å². The van der Waals surface area contributed by atoms with E-state index in [0.717, 1.165) is 12.8 Å². The van der Waals surface area contributed by atoms with Gasteiger partial charge in [0.05, 0.1) is 5.75 Å². The molecule has 0 unspecified atom stereocenters. The van der Waals surface area contributed by atoms with Crippen LogP contribution in [0, 0.1) is 0 Å². The Morgan fingerprint density at radius 2 is 1.88 bits per heavy atom. The molecular formula is C11H17F3OS. The lowest BCUT2D eigenvalue weighted by molar-refractivity contribution is -0.136. The summed E-state index contributed by atoms with van der Waals surface area (Å²) in [5, 5.41) is 0.562. The van der Waals surface area contributed by atoms with Gasteiger partial charge in [0, 0.05) is 18.1 Å². The predicted octanol–water partition coefficient (Wildman–Crippen LogP) is 3.96. The lowest BCUT2D eigenvalue weighted by Gasteiger charge is -2.08. The third-order valence-corrected chi connectivity index (χ3v) is 4.13. The molecule has 16 heavy (non-hydrogen) atoms. The second kappa shape index (κ2) is 6.52. The molecule has 0 aromatic carbocycles. The van der Waals surface area contributed by atoms with E-state index in [0.29, 0.717) is 11.0 Å². The fraction of sp³-hybridized carbons (Fsp3) is 0.909. The van der Waals surface area contributed by atoms with Crippen molar-refractivity contribution in [2.75, 3.05) is 5.75 Å². The van der Waals surface area contributed by atoms with E-state index in [2.05, 4.69) is 0 Å². The van der Waals surface area contributed by atoms with Crippen molar-refractivity contribution in [1.82, 2.24) is 0 Å². The van der Waals surface area contributed by atoms with Crippen LogP contribution >= 0.6 is 11.8 Å². The summed E-state index contributed by atoms with van der Waals surface area (Å²) in [4.78, 5) is 11.3. The smallest absolute Gasteiger partial charge is 0.299 e. The molecule has 94 valence electrons. The maximum absolute atomic E-state index is 11.8. The fourth-order valence-corrected chi connectivity index (χ4v) is 3.06. The van der Waals surface area contributed by atoms with E-state index in [9.17, 15) is 18.0 Å². The maximum atomic E-state index is 11.8. The van der Waals surface area contributed by atoms with Gasteiger partial charge in [-0.3, -0.25) is 4.79 Å². The largest absolute Gasteiger partial charge is 0.389 e. The second-order valence-corrected chi connectivity index (χ2v) is 5.51. The van der Waals surface area contributed by atoms with E-state index in [1.165, 1.54) is 12.8 Å². The van der Waals surface area contributed by atoms with Gasteiger partial charge in [-0.05, 0) is 19.3 Å². The van der Waals surface area contributed by atoms with E-state index in [1.807, 2.05) is 0 Å². The third-order valence-electron chi connectivity index (χ3n) is 2.70. The summed E-state index contributed by atoms with van der Waals surface area (Å²) < 4.78 is 35.5. The Labute approximate surface area is 98.2 Å². The summed E-state index contributed by atoms with van der Waals surface area (Å²) in [7, 11) is 0. The highest BCUT2D eigenvalue weighted by Crippen LogP contribution is 2.29. The molecule has 1 aliphatic carbocycles. The van der Waals surface area contributed by atoms with Gasteiger partial charge >= 0.3 is 6.18 Å². The molecule has 0 aromatic heterocycles. The summed E-state index contributed by atoms with van der Waals surface area (Å²) in [5.41, 5.74) is 0. The van der Waals surface area contributed by atoms with E-state index >= 15 is 0 Å². The summed E-state index contributed by atoms with van der Waals surface area (Å²) in [6.07, 6.45) is -0.209. The molecule has 0 heterocycles. The highest BCUT2D eigenvalue weighted by atomic mass is 32.2. The molecule has 1 rings (SSSR count). The minimum Gasteiger partial charge on any atom is -0.299 e. The molecule has 5 heteroatoms. The molecule has 1 aliphatic rings. The van der Waals surface area contributed by atoms with E-state index in [-0.39, 0.29) is 18.6 Å². The van der Waals surface area contributed by atoms with Crippen LogP contribution in [-0.2, 0) is 4.79 Å². The summed E-state index contributed by atoms with van der Waals surface area (Å²) >= 11 is 1.62. The first kappa shape index (κ1) is 13.9. The van der Waals surface area contributed by atoms with E-state index in [1.54, 1.807) is 11.8 Å². The van der Waals surface area contributed by atoms with Gasteiger partial charge in [-0.2, -0.15) is 24.9 Å². The summed E-state index contributed by atoms with van der Waals surface area (Å²) in [6.45, 7) is 0. The van der Waals surface area contributed by atoms with Gasteiger partial charge in [0.15, 0.2) is 0 Å². The zero-order valence-electron chi connectivity index (χ0n) is 9.18. The molecule has 0 amide bonds. The Balaban J connectivity index is 2.02. The van der Waals surface area contributed by atoms with Crippen LogP contribution < -0.4 is 0 Å². The number of halogens is 3. The highest BCUT2D eigenvalue weighted by Gasteiger charge is 2.26. The molecule has 0 bridgehead atoms. The van der Waals surface area contributed by atoms with Crippen molar-refractivity contribution in [3.05, 3.63) is 0 Å². The Morgan fingerprint density at radius 3 is 2.44 bits per heavy atom. The normalized spacial score (nSPS) is 17.9. The molecule has 1 saturated carbocycles. The molecule has 0 saturated heterocycles. The van der Waals surface area contributed by atoms with Crippen LogP contribution in [-0.4, -0.2) is 23.0 Å². The molecule has 0 N–H and O–H groups in total. The standard InChI is InChI=1S/C11H17F3OS/c12-11(13,14)7-3-4-9(15)8-16-10-5-1-2-6-10/h10H,1-8H2. The maximum Gasteiger partial charge on any atom is 0.389 e. The SMILES string of the molecule is O=C(CCCC(F)(F)F)CSC1CCCC1. The van der Waals surface area contributed by atoms with Gasteiger partial charge in [0.2, 0.25) is 0 Å². The van der Waals surface area contributed by atoms with Crippen molar-refractivity contribution >= 4 is 17.5 Å². The van der Waals surface area contributed by atoms with Crippen LogP contribution in [0.25, 0.3) is 0 Å². The number of hydrogen-bond acceptors (Lipinski definition) is 2. The lowest BCUT2D eigenvalue weighted by Crippen LogP contribution is -2.10. The molecule has 0 atom stereocenters. The van der Waals surface area contributed by atoms with Gasteiger partial charge in [-0.25, -0.2) is 0 Å². The molecule has 1 fully saturated rings. The number of ketones is 1. The summed E-state index contributed by atoms with van der Waals surface area (Å²) in [6, 6.07) is 0. The Morgan fingerprint density at radius 1 is 1.25 bits per heavy atom. The predicted molar refractivity (Wildman–Crippen MR) is 59.6 cm³/mol. The zero-order chi connectivity index (χ0) is 12.0. The van der Waals surface area contributed by atoms with Crippen molar-refractivity contribution < 1.29 is 18.0 Å². The average molecular weight is 254 g/mol. The van der Waals surface area contributed by atoms with Crippen molar-refractivity contribution in [2.45, 2.75) is 56.4 Å². The van der Waals surface area contributed by atoms with Crippen LogP contribution in [0.3, 0.4) is 0 Å². The zero-order valence-corrected chi connectivity index (χ0v) is 10.0. The van der Waals surface area contributed by atoms with Gasteiger partial charge in [0.25, 0.3) is 0 Å². The topological polar surface area (TPSA) is 17.1 Å². The fourth-order valence-electron chi connectivity index (χ4n) is 1.82. The Bertz CT molecular complexity index is 222. The first-order valence-electron chi connectivity index (χ1n) is 5.67. The monoisotopic (exact) mass is 254 g/mol. The Kier molecular flexibility index (Phi) is 5.66.